The van der Waals surface area contributed by atoms with Gasteiger partial charge in [-0.1, -0.05) is 32.0 Å². The summed E-state index contributed by atoms with van der Waals surface area (Å²) < 4.78 is 5.15. The molecule has 1 aromatic carbocycles. The Labute approximate surface area is 128 Å². The third-order valence-electron chi connectivity index (χ3n) is 3.39. The third kappa shape index (κ3) is 5.76. The maximum absolute atomic E-state index is 12.0. The van der Waals surface area contributed by atoms with Gasteiger partial charge in [0.25, 0.3) is 0 Å². The van der Waals surface area contributed by atoms with Gasteiger partial charge in [0.05, 0.1) is 6.61 Å². The molecule has 0 aromatic heterocycles. The number of para-hydroxylation sites is 1. The predicted molar refractivity (Wildman–Crippen MR) is 87.8 cm³/mol. The molecule has 0 radical (unpaired) electrons. The van der Waals surface area contributed by atoms with Crippen molar-refractivity contribution in [2.75, 3.05) is 25.1 Å². The molecule has 0 fully saturated rings. The second-order valence-corrected chi connectivity index (χ2v) is 5.62. The van der Waals surface area contributed by atoms with E-state index in [2.05, 4.69) is 36.3 Å². The normalized spacial score (nSPS) is 12.3. The summed E-state index contributed by atoms with van der Waals surface area (Å²) in [6.07, 6.45) is 0.724. The summed E-state index contributed by atoms with van der Waals surface area (Å²) in [5.41, 5.74) is 2.44. The molecule has 0 heterocycles. The molecule has 118 valence electrons. The average molecular weight is 292 g/mol. The van der Waals surface area contributed by atoms with Crippen molar-refractivity contribution in [2.45, 2.75) is 46.2 Å². The van der Waals surface area contributed by atoms with E-state index in [4.69, 9.17) is 4.74 Å². The number of esters is 1. The van der Waals surface area contributed by atoms with E-state index in [0.717, 1.165) is 13.0 Å². The SMILES string of the molecule is CCOC(=O)C(CCN(C)c1ccccc1C)NC(C)C. The van der Waals surface area contributed by atoms with Crippen LogP contribution in [0.15, 0.2) is 24.3 Å². The predicted octanol–water partition coefficient (Wildman–Crippen LogP) is 2.75. The fourth-order valence-electron chi connectivity index (χ4n) is 2.35. The van der Waals surface area contributed by atoms with E-state index in [-0.39, 0.29) is 18.1 Å². The fraction of sp³-hybridized carbons (Fsp3) is 0.588. The zero-order valence-electron chi connectivity index (χ0n) is 13.8. The van der Waals surface area contributed by atoms with Crippen molar-refractivity contribution in [3.8, 4) is 0 Å². The Hall–Kier alpha value is -1.55. The van der Waals surface area contributed by atoms with E-state index in [1.54, 1.807) is 0 Å². The first-order valence-corrected chi connectivity index (χ1v) is 7.65. The lowest BCUT2D eigenvalue weighted by molar-refractivity contribution is -0.146. The molecule has 1 rings (SSSR count). The van der Waals surface area contributed by atoms with Gasteiger partial charge in [0.15, 0.2) is 0 Å². The van der Waals surface area contributed by atoms with Crippen LogP contribution in [-0.4, -0.2) is 38.3 Å². The number of hydrogen-bond acceptors (Lipinski definition) is 4. The number of rotatable bonds is 8. The molecule has 0 spiro atoms. The summed E-state index contributed by atoms with van der Waals surface area (Å²) in [6, 6.07) is 8.27. The molecular weight excluding hydrogens is 264 g/mol. The molecule has 0 amide bonds. The molecule has 1 N–H and O–H groups in total. The van der Waals surface area contributed by atoms with Gasteiger partial charge in [-0.2, -0.15) is 0 Å². The molecule has 0 bridgehead atoms. The molecule has 4 nitrogen and oxygen atoms in total. The van der Waals surface area contributed by atoms with Crippen LogP contribution in [0.2, 0.25) is 0 Å². The lowest BCUT2D eigenvalue weighted by atomic mass is 10.1. The molecule has 4 heteroatoms. The van der Waals surface area contributed by atoms with Crippen LogP contribution in [0.4, 0.5) is 5.69 Å². The Bertz CT molecular complexity index is 446. The minimum absolute atomic E-state index is 0.163. The number of anilines is 1. The van der Waals surface area contributed by atoms with Crippen LogP contribution >= 0.6 is 0 Å². The van der Waals surface area contributed by atoms with Crippen LogP contribution < -0.4 is 10.2 Å². The summed E-state index contributed by atoms with van der Waals surface area (Å²) in [4.78, 5) is 14.2. The van der Waals surface area contributed by atoms with Crippen molar-refractivity contribution >= 4 is 11.7 Å². The van der Waals surface area contributed by atoms with E-state index in [9.17, 15) is 4.79 Å². The Balaban J connectivity index is 2.63. The van der Waals surface area contributed by atoms with E-state index < -0.39 is 0 Å². The molecule has 1 aromatic rings. The topological polar surface area (TPSA) is 41.6 Å². The Morgan fingerprint density at radius 3 is 2.57 bits per heavy atom. The van der Waals surface area contributed by atoms with E-state index in [0.29, 0.717) is 6.61 Å². The zero-order valence-corrected chi connectivity index (χ0v) is 13.8. The highest BCUT2D eigenvalue weighted by Gasteiger charge is 2.20. The molecule has 0 aliphatic carbocycles. The summed E-state index contributed by atoms with van der Waals surface area (Å²) in [7, 11) is 2.06. The Kier molecular flexibility index (Phi) is 7.23. The van der Waals surface area contributed by atoms with Crippen LogP contribution in [0.1, 0.15) is 32.8 Å². The van der Waals surface area contributed by atoms with Crippen LogP contribution in [0, 0.1) is 6.92 Å². The number of nitrogens with one attached hydrogen (secondary N) is 1. The second kappa shape index (κ2) is 8.67. The van der Waals surface area contributed by atoms with E-state index >= 15 is 0 Å². The van der Waals surface area contributed by atoms with Gasteiger partial charge < -0.3 is 15.0 Å². The number of aryl methyl sites for hydroxylation is 1. The summed E-state index contributed by atoms with van der Waals surface area (Å²) >= 11 is 0. The molecule has 1 atom stereocenters. The lowest BCUT2D eigenvalue weighted by Crippen LogP contribution is -2.43. The van der Waals surface area contributed by atoms with Crippen molar-refractivity contribution in [1.82, 2.24) is 5.32 Å². The smallest absolute Gasteiger partial charge is 0.323 e. The van der Waals surface area contributed by atoms with E-state index in [1.807, 2.05) is 32.9 Å². The van der Waals surface area contributed by atoms with Crippen molar-refractivity contribution in [3.05, 3.63) is 29.8 Å². The lowest BCUT2D eigenvalue weighted by Gasteiger charge is -2.25. The maximum Gasteiger partial charge on any atom is 0.323 e. The van der Waals surface area contributed by atoms with Crippen molar-refractivity contribution < 1.29 is 9.53 Å². The minimum atomic E-state index is -0.253. The molecular formula is C17H28N2O2. The summed E-state index contributed by atoms with van der Waals surface area (Å²) in [5.74, 6) is -0.163. The monoisotopic (exact) mass is 292 g/mol. The van der Waals surface area contributed by atoms with Crippen LogP contribution in [0.25, 0.3) is 0 Å². The zero-order chi connectivity index (χ0) is 15.8. The molecule has 1 unspecified atom stereocenters. The van der Waals surface area contributed by atoms with Crippen LogP contribution in [0.3, 0.4) is 0 Å². The van der Waals surface area contributed by atoms with Crippen molar-refractivity contribution in [2.24, 2.45) is 0 Å². The van der Waals surface area contributed by atoms with Gasteiger partial charge in [0.2, 0.25) is 0 Å². The first-order chi connectivity index (χ1) is 9.95. The van der Waals surface area contributed by atoms with E-state index in [1.165, 1.54) is 11.3 Å². The van der Waals surface area contributed by atoms with Crippen molar-refractivity contribution in [1.29, 1.82) is 0 Å². The summed E-state index contributed by atoms with van der Waals surface area (Å²) in [6.45, 7) is 9.23. The number of ether oxygens (including phenoxy) is 1. The first kappa shape index (κ1) is 17.5. The Morgan fingerprint density at radius 2 is 2.00 bits per heavy atom. The maximum atomic E-state index is 12.0. The Morgan fingerprint density at radius 1 is 1.33 bits per heavy atom. The molecule has 21 heavy (non-hydrogen) atoms. The van der Waals surface area contributed by atoms with Gasteiger partial charge in [-0.3, -0.25) is 4.79 Å². The highest BCUT2D eigenvalue weighted by Crippen LogP contribution is 2.18. The molecule has 0 aliphatic rings. The van der Waals surface area contributed by atoms with Crippen LogP contribution in [-0.2, 0) is 9.53 Å². The first-order valence-electron chi connectivity index (χ1n) is 7.65. The highest BCUT2D eigenvalue weighted by atomic mass is 16.5. The number of benzene rings is 1. The molecule has 0 saturated carbocycles. The van der Waals surface area contributed by atoms with Crippen LogP contribution in [0.5, 0.6) is 0 Å². The third-order valence-corrected chi connectivity index (χ3v) is 3.39. The standard InChI is InChI=1S/C17H28N2O2/c1-6-21-17(20)15(18-13(2)3)11-12-19(5)16-10-8-7-9-14(16)4/h7-10,13,15,18H,6,11-12H2,1-5H3. The molecule has 0 aliphatic heterocycles. The van der Waals surface area contributed by atoms with Gasteiger partial charge in [-0.05, 0) is 31.9 Å². The quantitative estimate of drug-likeness (QED) is 0.748. The van der Waals surface area contributed by atoms with Gasteiger partial charge in [-0.25, -0.2) is 0 Å². The number of carbonyl (C=O) groups is 1. The van der Waals surface area contributed by atoms with Gasteiger partial charge in [0, 0.05) is 25.3 Å². The van der Waals surface area contributed by atoms with Gasteiger partial charge in [0.1, 0.15) is 6.04 Å². The summed E-state index contributed by atoms with van der Waals surface area (Å²) in [5, 5.41) is 3.28. The van der Waals surface area contributed by atoms with Gasteiger partial charge in [-0.15, -0.1) is 0 Å². The number of carbonyl (C=O) groups excluding carboxylic acids is 1. The second-order valence-electron chi connectivity index (χ2n) is 5.62. The van der Waals surface area contributed by atoms with Crippen molar-refractivity contribution in [3.63, 3.8) is 0 Å². The minimum Gasteiger partial charge on any atom is -0.465 e. The van der Waals surface area contributed by atoms with Gasteiger partial charge >= 0.3 is 5.97 Å². The highest BCUT2D eigenvalue weighted by molar-refractivity contribution is 5.75. The average Bonchev–Trinajstić information content (AvgIpc) is 2.43. The largest absolute Gasteiger partial charge is 0.465 e. The molecule has 0 saturated heterocycles. The fourth-order valence-corrected chi connectivity index (χ4v) is 2.35. The number of nitrogens with zero attached hydrogens (tertiary/aromatic N) is 1. The number of hydrogen-bond donors (Lipinski definition) is 1.